The molecule has 0 aromatic heterocycles. The maximum atomic E-state index is 11.8. The van der Waals surface area contributed by atoms with Crippen molar-refractivity contribution >= 4 is 17.3 Å². The van der Waals surface area contributed by atoms with Gasteiger partial charge in [0.05, 0.1) is 0 Å². The molecular formula is C17H20N2O. The molecule has 0 heterocycles. The first-order valence-electron chi connectivity index (χ1n) is 6.93. The number of anilines is 2. The number of nitrogen functional groups attached to an aromatic ring is 1. The zero-order valence-corrected chi connectivity index (χ0v) is 11.5. The summed E-state index contributed by atoms with van der Waals surface area (Å²) in [4.78, 5) is 11.8. The molecule has 0 atom stereocenters. The number of benzene rings is 2. The predicted octanol–water partition coefficient (Wildman–Crippen LogP) is 3.62. The molecule has 0 fully saturated rings. The average molecular weight is 268 g/mol. The second-order valence-electron chi connectivity index (χ2n) is 4.87. The third-order valence-electron chi connectivity index (χ3n) is 3.13. The molecule has 0 saturated heterocycles. The highest BCUT2D eigenvalue weighted by Crippen LogP contribution is 2.13. The summed E-state index contributed by atoms with van der Waals surface area (Å²) < 4.78 is 0. The Morgan fingerprint density at radius 2 is 1.80 bits per heavy atom. The van der Waals surface area contributed by atoms with Crippen LogP contribution in [-0.4, -0.2) is 5.91 Å². The Morgan fingerprint density at radius 1 is 1.00 bits per heavy atom. The molecular weight excluding hydrogens is 248 g/mol. The Morgan fingerprint density at radius 3 is 2.55 bits per heavy atom. The van der Waals surface area contributed by atoms with E-state index >= 15 is 0 Å². The molecule has 0 aliphatic heterocycles. The lowest BCUT2D eigenvalue weighted by Crippen LogP contribution is -2.11. The van der Waals surface area contributed by atoms with Gasteiger partial charge >= 0.3 is 0 Å². The molecule has 1 amide bonds. The van der Waals surface area contributed by atoms with E-state index < -0.39 is 0 Å². The van der Waals surface area contributed by atoms with Crippen molar-refractivity contribution in [2.24, 2.45) is 0 Å². The van der Waals surface area contributed by atoms with Gasteiger partial charge in [0.1, 0.15) is 0 Å². The number of nitrogens with two attached hydrogens (primary N) is 1. The zero-order chi connectivity index (χ0) is 14.2. The van der Waals surface area contributed by atoms with Crippen LogP contribution in [0.2, 0.25) is 0 Å². The lowest BCUT2D eigenvalue weighted by Gasteiger charge is -2.06. The molecule has 0 radical (unpaired) electrons. The monoisotopic (exact) mass is 268 g/mol. The molecule has 2 rings (SSSR count). The largest absolute Gasteiger partial charge is 0.399 e. The number of hydrogen-bond donors (Lipinski definition) is 2. The van der Waals surface area contributed by atoms with E-state index in [1.807, 2.05) is 30.3 Å². The van der Waals surface area contributed by atoms with E-state index in [1.165, 1.54) is 5.56 Å². The topological polar surface area (TPSA) is 55.1 Å². The molecule has 3 N–H and O–H groups in total. The van der Waals surface area contributed by atoms with Crippen LogP contribution in [0.1, 0.15) is 24.8 Å². The summed E-state index contributed by atoms with van der Waals surface area (Å²) in [6.45, 7) is 0. The zero-order valence-electron chi connectivity index (χ0n) is 11.5. The summed E-state index contributed by atoms with van der Waals surface area (Å²) in [5, 5.41) is 2.86. The fourth-order valence-corrected chi connectivity index (χ4v) is 2.10. The third kappa shape index (κ3) is 4.76. The maximum absolute atomic E-state index is 11.8. The Hall–Kier alpha value is -2.29. The van der Waals surface area contributed by atoms with Gasteiger partial charge in [-0.05, 0) is 43.0 Å². The number of carbonyl (C=O) groups excluding carboxylic acids is 1. The van der Waals surface area contributed by atoms with Crippen molar-refractivity contribution in [3.8, 4) is 0 Å². The van der Waals surface area contributed by atoms with Gasteiger partial charge in [-0.3, -0.25) is 4.79 Å². The molecule has 2 aromatic carbocycles. The van der Waals surface area contributed by atoms with Gasteiger partial charge < -0.3 is 11.1 Å². The van der Waals surface area contributed by atoms with Crippen LogP contribution in [0.25, 0.3) is 0 Å². The van der Waals surface area contributed by atoms with Gasteiger partial charge in [0.25, 0.3) is 0 Å². The second-order valence-corrected chi connectivity index (χ2v) is 4.87. The van der Waals surface area contributed by atoms with Crippen LogP contribution >= 0.6 is 0 Å². The molecule has 0 bridgehead atoms. The fraction of sp³-hybridized carbons (Fsp3) is 0.235. The molecule has 3 heteroatoms. The van der Waals surface area contributed by atoms with Crippen LogP contribution in [0.4, 0.5) is 11.4 Å². The predicted molar refractivity (Wildman–Crippen MR) is 83.5 cm³/mol. The van der Waals surface area contributed by atoms with Crippen molar-refractivity contribution in [3.05, 3.63) is 60.2 Å². The molecule has 104 valence electrons. The van der Waals surface area contributed by atoms with Crippen molar-refractivity contribution in [3.63, 3.8) is 0 Å². The first kappa shape index (κ1) is 14.1. The number of unbranched alkanes of at least 4 members (excludes halogenated alkanes) is 1. The lowest BCUT2D eigenvalue weighted by molar-refractivity contribution is -0.116. The summed E-state index contributed by atoms with van der Waals surface area (Å²) in [7, 11) is 0. The molecule has 3 nitrogen and oxygen atoms in total. The van der Waals surface area contributed by atoms with Crippen molar-refractivity contribution in [2.45, 2.75) is 25.7 Å². The van der Waals surface area contributed by atoms with Gasteiger partial charge in [0.15, 0.2) is 0 Å². The minimum atomic E-state index is 0.0451. The number of aryl methyl sites for hydroxylation is 1. The number of nitrogens with one attached hydrogen (secondary N) is 1. The molecule has 0 spiro atoms. The highest BCUT2D eigenvalue weighted by atomic mass is 16.1. The molecule has 0 saturated carbocycles. The van der Waals surface area contributed by atoms with E-state index in [1.54, 1.807) is 12.1 Å². The van der Waals surface area contributed by atoms with Crippen LogP contribution in [0.3, 0.4) is 0 Å². The molecule has 0 aliphatic rings. The summed E-state index contributed by atoms with van der Waals surface area (Å²) >= 11 is 0. The number of rotatable bonds is 6. The molecule has 0 aliphatic carbocycles. The van der Waals surface area contributed by atoms with E-state index in [-0.39, 0.29) is 5.91 Å². The van der Waals surface area contributed by atoms with Crippen molar-refractivity contribution in [1.82, 2.24) is 0 Å². The first-order chi connectivity index (χ1) is 9.74. The van der Waals surface area contributed by atoms with Gasteiger partial charge in [-0.2, -0.15) is 0 Å². The van der Waals surface area contributed by atoms with Gasteiger partial charge in [-0.1, -0.05) is 36.4 Å². The van der Waals surface area contributed by atoms with Crippen LogP contribution in [0.15, 0.2) is 54.6 Å². The highest BCUT2D eigenvalue weighted by Gasteiger charge is 2.02. The quantitative estimate of drug-likeness (QED) is 0.621. The number of hydrogen-bond acceptors (Lipinski definition) is 2. The van der Waals surface area contributed by atoms with Crippen LogP contribution in [0.5, 0.6) is 0 Å². The Balaban J connectivity index is 1.68. The normalized spacial score (nSPS) is 10.2. The molecule has 0 unspecified atom stereocenters. The standard InChI is InChI=1S/C17H20N2O/c18-15-10-6-11-16(13-15)19-17(20)12-5-4-9-14-7-2-1-3-8-14/h1-3,6-8,10-11,13H,4-5,9,12,18H2,(H,19,20). The van der Waals surface area contributed by atoms with Crippen LogP contribution < -0.4 is 11.1 Å². The Bertz CT molecular complexity index is 552. The van der Waals surface area contributed by atoms with Crippen molar-refractivity contribution in [1.29, 1.82) is 0 Å². The molecule has 2 aromatic rings. The fourth-order valence-electron chi connectivity index (χ4n) is 2.10. The number of amides is 1. The summed E-state index contributed by atoms with van der Waals surface area (Å²) in [6.07, 6.45) is 3.48. The van der Waals surface area contributed by atoms with Crippen molar-refractivity contribution < 1.29 is 4.79 Å². The van der Waals surface area contributed by atoms with E-state index in [2.05, 4.69) is 17.4 Å². The SMILES string of the molecule is Nc1cccc(NC(=O)CCCCc2ccccc2)c1. The van der Waals surface area contributed by atoms with E-state index in [0.717, 1.165) is 24.9 Å². The molecule has 20 heavy (non-hydrogen) atoms. The van der Waals surface area contributed by atoms with E-state index in [4.69, 9.17) is 5.73 Å². The van der Waals surface area contributed by atoms with E-state index in [0.29, 0.717) is 12.1 Å². The van der Waals surface area contributed by atoms with Gasteiger partial charge in [0, 0.05) is 17.8 Å². The van der Waals surface area contributed by atoms with Crippen LogP contribution in [0, 0.1) is 0 Å². The first-order valence-corrected chi connectivity index (χ1v) is 6.93. The number of carbonyl (C=O) groups is 1. The maximum Gasteiger partial charge on any atom is 0.224 e. The van der Waals surface area contributed by atoms with Crippen molar-refractivity contribution in [2.75, 3.05) is 11.1 Å². The third-order valence-corrected chi connectivity index (χ3v) is 3.13. The minimum absolute atomic E-state index is 0.0451. The highest BCUT2D eigenvalue weighted by molar-refractivity contribution is 5.91. The lowest BCUT2D eigenvalue weighted by atomic mass is 10.1. The van der Waals surface area contributed by atoms with Crippen LogP contribution in [-0.2, 0) is 11.2 Å². The second kappa shape index (κ2) is 7.34. The van der Waals surface area contributed by atoms with Gasteiger partial charge in [-0.15, -0.1) is 0 Å². The summed E-state index contributed by atoms with van der Waals surface area (Å²) in [5.74, 6) is 0.0451. The minimum Gasteiger partial charge on any atom is -0.399 e. The smallest absolute Gasteiger partial charge is 0.224 e. The van der Waals surface area contributed by atoms with E-state index in [9.17, 15) is 4.79 Å². The average Bonchev–Trinajstić information content (AvgIpc) is 2.45. The van der Waals surface area contributed by atoms with Gasteiger partial charge in [0.2, 0.25) is 5.91 Å². The Labute approximate surface area is 119 Å². The summed E-state index contributed by atoms with van der Waals surface area (Å²) in [6, 6.07) is 17.6. The summed E-state index contributed by atoms with van der Waals surface area (Å²) in [5.41, 5.74) is 8.41. The van der Waals surface area contributed by atoms with Gasteiger partial charge in [-0.25, -0.2) is 0 Å². The Kier molecular flexibility index (Phi) is 5.18.